The maximum atomic E-state index is 4.35. The second-order valence-corrected chi connectivity index (χ2v) is 6.34. The third-order valence-corrected chi connectivity index (χ3v) is 4.63. The quantitative estimate of drug-likeness (QED) is 0.543. The Kier molecular flexibility index (Phi) is 7.40. The summed E-state index contributed by atoms with van der Waals surface area (Å²) in [5.74, 6) is 1.79. The summed E-state index contributed by atoms with van der Waals surface area (Å²) in [7, 11) is 1.85. The summed E-state index contributed by atoms with van der Waals surface area (Å²) < 4.78 is 0. The molecule has 0 heterocycles. The second-order valence-electron chi connectivity index (χ2n) is 6.34. The molecule has 2 N–H and O–H groups in total. The van der Waals surface area contributed by atoms with Crippen LogP contribution in [0.1, 0.15) is 32.3 Å². The molecule has 128 valence electrons. The third-order valence-electron chi connectivity index (χ3n) is 4.63. The number of nitrogens with one attached hydrogen (secondary N) is 2. The number of nitrogens with zero attached hydrogens (tertiary/aromatic N) is 2. The van der Waals surface area contributed by atoms with Gasteiger partial charge in [-0.3, -0.25) is 9.89 Å². The van der Waals surface area contributed by atoms with E-state index in [4.69, 9.17) is 0 Å². The van der Waals surface area contributed by atoms with E-state index in [0.717, 1.165) is 44.5 Å². The van der Waals surface area contributed by atoms with Gasteiger partial charge in [-0.15, -0.1) is 0 Å². The van der Waals surface area contributed by atoms with Crippen molar-refractivity contribution in [3.8, 4) is 0 Å². The van der Waals surface area contributed by atoms with Crippen molar-refractivity contribution in [2.75, 3.05) is 33.2 Å². The highest BCUT2D eigenvalue weighted by atomic mass is 15.2. The van der Waals surface area contributed by atoms with Crippen LogP contribution in [0, 0.1) is 5.92 Å². The number of benzene rings is 1. The molecule has 23 heavy (non-hydrogen) atoms. The van der Waals surface area contributed by atoms with Crippen LogP contribution < -0.4 is 10.6 Å². The van der Waals surface area contributed by atoms with Crippen molar-refractivity contribution in [3.63, 3.8) is 0 Å². The minimum atomic E-state index is 0.479. The summed E-state index contributed by atoms with van der Waals surface area (Å²) in [6.07, 6.45) is 3.79. The summed E-state index contributed by atoms with van der Waals surface area (Å²) in [6.45, 7) is 8.59. The molecule has 0 spiro atoms. The summed E-state index contributed by atoms with van der Waals surface area (Å²) >= 11 is 0. The number of hydrogen-bond acceptors (Lipinski definition) is 2. The van der Waals surface area contributed by atoms with Crippen molar-refractivity contribution in [1.82, 2.24) is 15.5 Å². The number of likely N-dealkylation sites (N-methyl/N-ethyl adjacent to an activating group) is 1. The standard InChI is InChI=1S/C19H32N4/c1-4-23(5-2)18(13-16-9-7-6-8-10-16)15-22-19(20-3)21-14-17-11-12-17/h6-10,17-18H,4-5,11-15H2,1-3H3,(H2,20,21,22). The van der Waals surface area contributed by atoms with Crippen LogP contribution in [0.5, 0.6) is 0 Å². The van der Waals surface area contributed by atoms with E-state index in [0.29, 0.717) is 6.04 Å². The van der Waals surface area contributed by atoms with Gasteiger partial charge in [-0.2, -0.15) is 0 Å². The van der Waals surface area contributed by atoms with Gasteiger partial charge in [-0.1, -0.05) is 44.2 Å². The predicted molar refractivity (Wildman–Crippen MR) is 98.9 cm³/mol. The molecule has 1 aromatic carbocycles. The van der Waals surface area contributed by atoms with E-state index in [1.54, 1.807) is 0 Å². The first-order valence-corrected chi connectivity index (χ1v) is 8.99. The molecular formula is C19H32N4. The van der Waals surface area contributed by atoms with E-state index < -0.39 is 0 Å². The van der Waals surface area contributed by atoms with Gasteiger partial charge in [-0.25, -0.2) is 0 Å². The molecule has 1 unspecified atom stereocenters. The normalized spacial score (nSPS) is 16.4. The molecule has 2 rings (SSSR count). The van der Waals surface area contributed by atoms with Crippen LogP contribution >= 0.6 is 0 Å². The Labute approximate surface area is 141 Å². The van der Waals surface area contributed by atoms with Gasteiger partial charge in [0.25, 0.3) is 0 Å². The molecule has 1 aromatic rings. The Hall–Kier alpha value is -1.55. The first-order chi connectivity index (χ1) is 11.3. The molecule has 4 nitrogen and oxygen atoms in total. The molecule has 0 radical (unpaired) electrons. The average Bonchev–Trinajstić information content (AvgIpc) is 3.41. The maximum absolute atomic E-state index is 4.35. The van der Waals surface area contributed by atoms with Crippen LogP contribution in [0.4, 0.5) is 0 Å². The van der Waals surface area contributed by atoms with Crippen LogP contribution in [0.2, 0.25) is 0 Å². The fraction of sp³-hybridized carbons (Fsp3) is 0.632. The highest BCUT2D eigenvalue weighted by Crippen LogP contribution is 2.27. The maximum Gasteiger partial charge on any atom is 0.191 e. The van der Waals surface area contributed by atoms with Gasteiger partial charge < -0.3 is 10.6 Å². The SMILES string of the molecule is CCN(CC)C(CNC(=NC)NCC1CC1)Cc1ccccc1. The Morgan fingerprint density at radius 1 is 1.17 bits per heavy atom. The molecule has 1 atom stereocenters. The summed E-state index contributed by atoms with van der Waals surface area (Å²) in [6, 6.07) is 11.2. The van der Waals surface area contributed by atoms with E-state index in [1.165, 1.54) is 18.4 Å². The second kappa shape index (κ2) is 9.56. The third kappa shape index (κ3) is 6.22. The van der Waals surface area contributed by atoms with E-state index in [-0.39, 0.29) is 0 Å². The highest BCUT2D eigenvalue weighted by molar-refractivity contribution is 5.79. The zero-order valence-corrected chi connectivity index (χ0v) is 14.9. The Morgan fingerprint density at radius 3 is 2.43 bits per heavy atom. The van der Waals surface area contributed by atoms with Crippen LogP contribution in [-0.4, -0.2) is 50.1 Å². The van der Waals surface area contributed by atoms with E-state index in [2.05, 4.69) is 64.7 Å². The molecule has 1 aliphatic carbocycles. The first-order valence-electron chi connectivity index (χ1n) is 8.99. The topological polar surface area (TPSA) is 39.7 Å². The Bertz CT molecular complexity index is 464. The highest BCUT2D eigenvalue weighted by Gasteiger charge is 2.21. The van der Waals surface area contributed by atoms with Crippen LogP contribution in [-0.2, 0) is 6.42 Å². The average molecular weight is 316 g/mol. The van der Waals surface area contributed by atoms with Gasteiger partial charge in [0.1, 0.15) is 0 Å². The van der Waals surface area contributed by atoms with Gasteiger partial charge >= 0.3 is 0 Å². The van der Waals surface area contributed by atoms with Gasteiger partial charge in [0.2, 0.25) is 0 Å². The molecule has 0 aromatic heterocycles. The van der Waals surface area contributed by atoms with Crippen molar-refractivity contribution in [2.45, 2.75) is 39.2 Å². The molecule has 0 aliphatic heterocycles. The number of aliphatic imine (C=N–C) groups is 1. The van der Waals surface area contributed by atoms with Crippen LogP contribution in [0.3, 0.4) is 0 Å². The Balaban J connectivity index is 1.90. The zero-order valence-electron chi connectivity index (χ0n) is 14.9. The molecular weight excluding hydrogens is 284 g/mol. The van der Waals surface area contributed by atoms with Crippen molar-refractivity contribution >= 4 is 5.96 Å². The zero-order chi connectivity index (χ0) is 16.5. The first kappa shape index (κ1) is 17.8. The molecule has 1 aliphatic rings. The minimum Gasteiger partial charge on any atom is -0.356 e. The summed E-state index contributed by atoms with van der Waals surface area (Å²) in [5, 5.41) is 6.97. The molecule has 0 bridgehead atoms. The van der Waals surface area contributed by atoms with Gasteiger partial charge in [-0.05, 0) is 43.8 Å². The smallest absolute Gasteiger partial charge is 0.191 e. The fourth-order valence-electron chi connectivity index (χ4n) is 2.95. The van der Waals surface area contributed by atoms with E-state index in [1.807, 2.05) is 7.05 Å². The molecule has 0 amide bonds. The number of rotatable bonds is 9. The lowest BCUT2D eigenvalue weighted by Crippen LogP contribution is -2.48. The lowest BCUT2D eigenvalue weighted by Gasteiger charge is -2.30. The molecule has 0 saturated heterocycles. The summed E-state index contributed by atoms with van der Waals surface area (Å²) in [4.78, 5) is 6.88. The van der Waals surface area contributed by atoms with Crippen LogP contribution in [0.15, 0.2) is 35.3 Å². The molecule has 1 saturated carbocycles. The molecule has 1 fully saturated rings. The minimum absolute atomic E-state index is 0.479. The monoisotopic (exact) mass is 316 g/mol. The predicted octanol–water partition coefficient (Wildman–Crippen LogP) is 2.51. The lowest BCUT2D eigenvalue weighted by atomic mass is 10.0. The van der Waals surface area contributed by atoms with Gasteiger partial charge in [0.05, 0.1) is 0 Å². The van der Waals surface area contributed by atoms with E-state index >= 15 is 0 Å². The van der Waals surface area contributed by atoms with E-state index in [9.17, 15) is 0 Å². The van der Waals surface area contributed by atoms with Crippen molar-refractivity contribution in [3.05, 3.63) is 35.9 Å². The van der Waals surface area contributed by atoms with Crippen molar-refractivity contribution in [2.24, 2.45) is 10.9 Å². The fourth-order valence-corrected chi connectivity index (χ4v) is 2.95. The Morgan fingerprint density at radius 2 is 1.87 bits per heavy atom. The van der Waals surface area contributed by atoms with Gasteiger partial charge in [0.15, 0.2) is 5.96 Å². The number of hydrogen-bond donors (Lipinski definition) is 2. The summed E-state index contributed by atoms with van der Waals surface area (Å²) in [5.41, 5.74) is 1.40. The van der Waals surface area contributed by atoms with Crippen molar-refractivity contribution in [1.29, 1.82) is 0 Å². The molecule has 4 heteroatoms. The van der Waals surface area contributed by atoms with Crippen LogP contribution in [0.25, 0.3) is 0 Å². The largest absolute Gasteiger partial charge is 0.356 e. The van der Waals surface area contributed by atoms with Crippen molar-refractivity contribution < 1.29 is 0 Å². The lowest BCUT2D eigenvalue weighted by molar-refractivity contribution is 0.215. The van der Waals surface area contributed by atoms with Gasteiger partial charge in [0, 0.05) is 26.2 Å². The number of guanidine groups is 1.